The third-order valence-electron chi connectivity index (χ3n) is 7.54. The first-order valence-electron chi connectivity index (χ1n) is 14.0. The van der Waals surface area contributed by atoms with Crippen LogP contribution < -0.4 is 0 Å². The van der Waals surface area contributed by atoms with Crippen molar-refractivity contribution in [2.24, 2.45) is 0 Å². The fraction of sp³-hybridized carbons (Fsp3) is 0.394. The Labute approximate surface area is 230 Å². The number of cyclic esters (lactones) is 1. The fourth-order valence-electron chi connectivity index (χ4n) is 5.76. The van der Waals surface area contributed by atoms with Crippen LogP contribution in [-0.4, -0.2) is 27.3 Å². The zero-order chi connectivity index (χ0) is 28.3. The summed E-state index contributed by atoms with van der Waals surface area (Å²) < 4.78 is 6.34. The Morgan fingerprint density at radius 2 is 1.13 bits per heavy atom. The van der Waals surface area contributed by atoms with Gasteiger partial charge in [0.15, 0.2) is 5.60 Å². The van der Waals surface area contributed by atoms with E-state index in [2.05, 4.69) is 0 Å². The van der Waals surface area contributed by atoms with E-state index in [1.54, 1.807) is 0 Å². The van der Waals surface area contributed by atoms with Crippen molar-refractivity contribution in [3.05, 3.63) is 92.5 Å². The summed E-state index contributed by atoms with van der Waals surface area (Å²) in [5.74, 6) is -1.12. The largest absolute Gasteiger partial charge is 0.507 e. The number of fused-ring (bicyclic) bond motifs is 1. The quantitative estimate of drug-likeness (QED) is 0.229. The molecule has 6 nitrogen and oxygen atoms in total. The van der Waals surface area contributed by atoms with Gasteiger partial charge >= 0.3 is 11.9 Å². The van der Waals surface area contributed by atoms with E-state index in [1.807, 2.05) is 52.0 Å². The SMILES string of the molecule is CCCc1cc(C2(c3cc(CCC)c(O)c(CCC)c3)OC(=O)c3ccc(C(=O)O)cc32)cc(CCC)c1O. The summed E-state index contributed by atoms with van der Waals surface area (Å²) in [7, 11) is 0. The van der Waals surface area contributed by atoms with E-state index < -0.39 is 17.5 Å². The maximum absolute atomic E-state index is 13.4. The minimum Gasteiger partial charge on any atom is -0.507 e. The van der Waals surface area contributed by atoms with Gasteiger partial charge in [-0.3, -0.25) is 0 Å². The lowest BCUT2D eigenvalue weighted by Gasteiger charge is -2.33. The van der Waals surface area contributed by atoms with Crippen LogP contribution in [0.3, 0.4) is 0 Å². The number of ether oxygens (including phenoxy) is 1. The molecule has 0 saturated heterocycles. The number of benzene rings is 3. The normalized spacial score (nSPS) is 13.8. The van der Waals surface area contributed by atoms with E-state index in [0.717, 1.165) is 47.9 Å². The van der Waals surface area contributed by atoms with Gasteiger partial charge in [-0.25, -0.2) is 9.59 Å². The van der Waals surface area contributed by atoms with E-state index in [-0.39, 0.29) is 17.1 Å². The third kappa shape index (κ3) is 5.00. The van der Waals surface area contributed by atoms with Crippen LogP contribution in [0.1, 0.15) is 113 Å². The highest BCUT2D eigenvalue weighted by molar-refractivity contribution is 5.98. The van der Waals surface area contributed by atoms with Crippen LogP contribution >= 0.6 is 0 Å². The zero-order valence-corrected chi connectivity index (χ0v) is 23.3. The number of carbonyl (C=O) groups is 2. The molecule has 1 aliphatic heterocycles. The van der Waals surface area contributed by atoms with Gasteiger partial charge in [-0.1, -0.05) is 53.4 Å². The van der Waals surface area contributed by atoms with Crippen LogP contribution in [0.5, 0.6) is 11.5 Å². The molecule has 3 aromatic carbocycles. The molecule has 0 bridgehead atoms. The minimum atomic E-state index is -1.44. The molecule has 0 saturated carbocycles. The number of aromatic hydroxyl groups is 2. The number of carbonyl (C=O) groups excluding carboxylic acids is 1. The smallest absolute Gasteiger partial charge is 0.340 e. The summed E-state index contributed by atoms with van der Waals surface area (Å²) >= 11 is 0. The molecule has 3 N–H and O–H groups in total. The lowest BCUT2D eigenvalue weighted by molar-refractivity contribution is 0.0250. The van der Waals surface area contributed by atoms with Crippen LogP contribution in [0.25, 0.3) is 0 Å². The Balaban J connectivity index is 2.15. The van der Waals surface area contributed by atoms with Gasteiger partial charge in [0.2, 0.25) is 0 Å². The maximum Gasteiger partial charge on any atom is 0.340 e. The molecule has 3 aromatic rings. The van der Waals surface area contributed by atoms with E-state index in [1.165, 1.54) is 18.2 Å². The van der Waals surface area contributed by atoms with Crippen LogP contribution in [0, 0.1) is 0 Å². The molecule has 0 spiro atoms. The monoisotopic (exact) mass is 530 g/mol. The van der Waals surface area contributed by atoms with Crippen molar-refractivity contribution in [2.75, 3.05) is 0 Å². The molecule has 6 heteroatoms. The van der Waals surface area contributed by atoms with E-state index in [4.69, 9.17) is 4.74 Å². The van der Waals surface area contributed by atoms with Crippen molar-refractivity contribution in [3.8, 4) is 11.5 Å². The molecule has 1 heterocycles. The van der Waals surface area contributed by atoms with Gasteiger partial charge in [0.25, 0.3) is 0 Å². The van der Waals surface area contributed by atoms with Crippen molar-refractivity contribution < 1.29 is 29.6 Å². The molecular formula is C33H38O6. The number of hydrogen-bond acceptors (Lipinski definition) is 5. The molecule has 4 rings (SSSR count). The lowest BCUT2D eigenvalue weighted by atomic mass is 9.76. The maximum atomic E-state index is 13.4. The number of carboxylic acids is 1. The number of carboxylic acid groups (broad SMARTS) is 1. The number of rotatable bonds is 11. The highest BCUT2D eigenvalue weighted by Crippen LogP contribution is 2.50. The Hall–Kier alpha value is -3.80. The third-order valence-corrected chi connectivity index (χ3v) is 7.54. The predicted molar refractivity (Wildman–Crippen MR) is 151 cm³/mol. The summed E-state index contributed by atoms with van der Waals surface area (Å²) in [6, 6.07) is 12.0. The van der Waals surface area contributed by atoms with Crippen LogP contribution in [0.2, 0.25) is 0 Å². The summed E-state index contributed by atoms with van der Waals surface area (Å²) in [5, 5.41) is 32.0. The van der Waals surface area contributed by atoms with Crippen molar-refractivity contribution in [1.29, 1.82) is 0 Å². The molecule has 0 fully saturated rings. The number of phenolic OH excluding ortho intramolecular Hbond substituents is 2. The van der Waals surface area contributed by atoms with Gasteiger partial charge < -0.3 is 20.1 Å². The molecule has 0 amide bonds. The first kappa shape index (κ1) is 28.2. The standard InChI is InChI=1S/C33H38O6/c1-5-9-20-15-25(16-21(10-6-2)29(20)34)33(26-17-22(11-7-3)30(35)23(18-26)12-8-4)28-19-24(31(36)37)13-14-27(28)32(38)39-33/h13-19,34-35H,5-12H2,1-4H3,(H,36,37). The van der Waals surface area contributed by atoms with Gasteiger partial charge in [-0.15, -0.1) is 0 Å². The Morgan fingerprint density at radius 3 is 1.49 bits per heavy atom. The molecule has 0 aromatic heterocycles. The lowest BCUT2D eigenvalue weighted by Crippen LogP contribution is -2.30. The average molecular weight is 531 g/mol. The van der Waals surface area contributed by atoms with Crippen molar-refractivity contribution in [2.45, 2.75) is 84.7 Å². The van der Waals surface area contributed by atoms with Gasteiger partial charge in [-0.05, 0) is 90.4 Å². The van der Waals surface area contributed by atoms with E-state index in [9.17, 15) is 24.9 Å². The highest BCUT2D eigenvalue weighted by atomic mass is 16.6. The van der Waals surface area contributed by atoms with Gasteiger partial charge in [0.1, 0.15) is 11.5 Å². The molecule has 206 valence electrons. The van der Waals surface area contributed by atoms with E-state index >= 15 is 0 Å². The molecule has 0 unspecified atom stereocenters. The number of aryl methyl sites for hydroxylation is 4. The fourth-order valence-corrected chi connectivity index (χ4v) is 5.76. The summed E-state index contributed by atoms with van der Waals surface area (Å²) in [4.78, 5) is 25.4. The Morgan fingerprint density at radius 1 is 0.718 bits per heavy atom. The van der Waals surface area contributed by atoms with Crippen molar-refractivity contribution >= 4 is 11.9 Å². The topological polar surface area (TPSA) is 104 Å². The van der Waals surface area contributed by atoms with Crippen molar-refractivity contribution in [3.63, 3.8) is 0 Å². The van der Waals surface area contributed by atoms with Gasteiger partial charge in [0.05, 0.1) is 11.1 Å². The molecular weight excluding hydrogens is 492 g/mol. The number of phenols is 2. The van der Waals surface area contributed by atoms with Gasteiger partial charge in [0, 0.05) is 16.7 Å². The molecule has 0 radical (unpaired) electrons. The average Bonchev–Trinajstić information content (AvgIpc) is 3.21. The van der Waals surface area contributed by atoms with Crippen LogP contribution in [0.15, 0.2) is 42.5 Å². The molecule has 39 heavy (non-hydrogen) atoms. The second-order valence-electron chi connectivity index (χ2n) is 10.4. The zero-order valence-electron chi connectivity index (χ0n) is 23.3. The first-order chi connectivity index (χ1) is 18.7. The number of esters is 1. The van der Waals surface area contributed by atoms with Crippen molar-refractivity contribution in [1.82, 2.24) is 0 Å². The van der Waals surface area contributed by atoms with Crippen LogP contribution in [-0.2, 0) is 36.0 Å². The molecule has 0 atom stereocenters. The summed E-state index contributed by atoms with van der Waals surface area (Å²) in [6.45, 7) is 8.16. The second kappa shape index (κ2) is 11.5. The Kier molecular flexibility index (Phi) is 8.34. The van der Waals surface area contributed by atoms with E-state index in [0.29, 0.717) is 47.9 Å². The predicted octanol–water partition coefficient (Wildman–Crippen LogP) is 7.07. The number of hydrogen-bond donors (Lipinski definition) is 3. The van der Waals surface area contributed by atoms with Crippen LogP contribution in [0.4, 0.5) is 0 Å². The minimum absolute atomic E-state index is 0.0547. The summed E-state index contributed by atoms with van der Waals surface area (Å²) in [6.07, 6.45) is 5.82. The Bertz CT molecular complexity index is 1280. The molecule has 1 aliphatic rings. The second-order valence-corrected chi connectivity index (χ2v) is 10.4. The summed E-state index contributed by atoms with van der Waals surface area (Å²) in [5.41, 5.74) is 3.76. The first-order valence-corrected chi connectivity index (χ1v) is 14.0. The number of aromatic carboxylic acids is 1. The highest BCUT2D eigenvalue weighted by Gasteiger charge is 2.50. The molecule has 0 aliphatic carbocycles. The van der Waals surface area contributed by atoms with Gasteiger partial charge in [-0.2, -0.15) is 0 Å².